The molecule has 0 amide bonds. The average molecular weight is 295 g/mol. The van der Waals surface area contributed by atoms with Crippen molar-refractivity contribution in [2.45, 2.75) is 40.7 Å². The Balaban J connectivity index is 0.000000956. The maximum Gasteiger partial charge on any atom is 0.160 e. The van der Waals surface area contributed by atoms with Crippen molar-refractivity contribution < 1.29 is 5.11 Å². The number of pyridine rings is 1. The van der Waals surface area contributed by atoms with E-state index in [9.17, 15) is 5.11 Å². The monoisotopic (exact) mass is 294 g/mol. The molecule has 2 rings (SSSR count). The fourth-order valence-electron chi connectivity index (χ4n) is 2.00. The molecule has 2 N–H and O–H groups in total. The van der Waals surface area contributed by atoms with Crippen molar-refractivity contribution in [3.8, 4) is 5.75 Å². The standard InChI is InChI=1S/C14H17ClN2O.C2H6/c1-3-9-7-12(15)14(18)13-11(9)6-5-10(17-13)8-16-4-2;1-2/h5-7,16,18H,3-4,8H2,1-2H3;1-2H3. The molecule has 0 unspecified atom stereocenters. The number of phenolic OH excluding ortho intramolecular Hbond substituents is 1. The first kappa shape index (κ1) is 16.7. The van der Waals surface area contributed by atoms with E-state index >= 15 is 0 Å². The summed E-state index contributed by atoms with van der Waals surface area (Å²) < 4.78 is 0. The Morgan fingerprint density at radius 3 is 2.55 bits per heavy atom. The smallest absolute Gasteiger partial charge is 0.160 e. The molecule has 0 bridgehead atoms. The molecule has 0 aliphatic heterocycles. The molecule has 110 valence electrons. The van der Waals surface area contributed by atoms with Crippen LogP contribution in [0.4, 0.5) is 0 Å². The highest BCUT2D eigenvalue weighted by Crippen LogP contribution is 2.34. The minimum Gasteiger partial charge on any atom is -0.504 e. The molecule has 1 aromatic carbocycles. The van der Waals surface area contributed by atoms with Crippen LogP contribution in [-0.2, 0) is 13.0 Å². The van der Waals surface area contributed by atoms with Crippen LogP contribution in [-0.4, -0.2) is 16.6 Å². The van der Waals surface area contributed by atoms with Crippen LogP contribution in [0, 0.1) is 0 Å². The van der Waals surface area contributed by atoms with Crippen LogP contribution < -0.4 is 5.32 Å². The van der Waals surface area contributed by atoms with Gasteiger partial charge in [-0.05, 0) is 30.7 Å². The predicted octanol–water partition coefficient (Wildman–Crippen LogP) is 4.29. The van der Waals surface area contributed by atoms with Crippen molar-refractivity contribution in [1.82, 2.24) is 10.3 Å². The van der Waals surface area contributed by atoms with E-state index in [4.69, 9.17) is 11.6 Å². The van der Waals surface area contributed by atoms with Crippen LogP contribution >= 0.6 is 11.6 Å². The molecular weight excluding hydrogens is 272 g/mol. The third kappa shape index (κ3) is 3.62. The normalized spacial score (nSPS) is 10.2. The second-order valence-electron chi connectivity index (χ2n) is 4.20. The zero-order valence-corrected chi connectivity index (χ0v) is 13.4. The third-order valence-electron chi connectivity index (χ3n) is 2.99. The number of nitrogens with zero attached hydrogens (tertiary/aromatic N) is 1. The van der Waals surface area contributed by atoms with E-state index in [0.717, 1.165) is 29.6 Å². The van der Waals surface area contributed by atoms with E-state index in [1.165, 1.54) is 0 Å². The van der Waals surface area contributed by atoms with Crippen molar-refractivity contribution in [1.29, 1.82) is 0 Å². The van der Waals surface area contributed by atoms with E-state index in [-0.39, 0.29) is 5.75 Å². The lowest BCUT2D eigenvalue weighted by Crippen LogP contribution is -2.12. The Hall–Kier alpha value is -1.32. The highest BCUT2D eigenvalue weighted by atomic mass is 35.5. The van der Waals surface area contributed by atoms with Crippen LogP contribution in [0.1, 0.15) is 39.0 Å². The number of hydrogen-bond donors (Lipinski definition) is 2. The summed E-state index contributed by atoms with van der Waals surface area (Å²) in [4.78, 5) is 4.48. The number of benzene rings is 1. The van der Waals surface area contributed by atoms with Gasteiger partial charge in [0.15, 0.2) is 5.75 Å². The number of nitrogens with one attached hydrogen (secondary N) is 1. The molecule has 0 aliphatic carbocycles. The van der Waals surface area contributed by atoms with Gasteiger partial charge in [-0.15, -0.1) is 0 Å². The summed E-state index contributed by atoms with van der Waals surface area (Å²) in [6, 6.07) is 5.80. The van der Waals surface area contributed by atoms with Crippen molar-refractivity contribution in [3.05, 3.63) is 34.5 Å². The molecule has 2 aromatic rings. The molecule has 0 radical (unpaired) electrons. The molecule has 20 heavy (non-hydrogen) atoms. The van der Waals surface area contributed by atoms with Crippen LogP contribution in [0.2, 0.25) is 5.02 Å². The highest BCUT2D eigenvalue weighted by molar-refractivity contribution is 6.33. The first-order chi connectivity index (χ1) is 9.67. The van der Waals surface area contributed by atoms with Crippen molar-refractivity contribution in [2.24, 2.45) is 0 Å². The number of aromatic nitrogens is 1. The minimum absolute atomic E-state index is 0.0715. The number of hydrogen-bond acceptors (Lipinski definition) is 3. The first-order valence-electron chi connectivity index (χ1n) is 7.18. The van der Waals surface area contributed by atoms with E-state index in [1.807, 2.05) is 39.0 Å². The van der Waals surface area contributed by atoms with Gasteiger partial charge in [0, 0.05) is 11.9 Å². The summed E-state index contributed by atoms with van der Waals surface area (Å²) >= 11 is 6.02. The molecule has 0 saturated carbocycles. The highest BCUT2D eigenvalue weighted by Gasteiger charge is 2.11. The summed E-state index contributed by atoms with van der Waals surface area (Å²) in [7, 11) is 0. The second-order valence-corrected chi connectivity index (χ2v) is 4.61. The second kappa shape index (κ2) is 8.08. The molecule has 1 aromatic heterocycles. The van der Waals surface area contributed by atoms with E-state index < -0.39 is 0 Å². The summed E-state index contributed by atoms with van der Waals surface area (Å²) in [6.45, 7) is 9.70. The quantitative estimate of drug-likeness (QED) is 0.884. The number of phenols is 1. The number of halogens is 1. The van der Waals surface area contributed by atoms with Gasteiger partial charge < -0.3 is 10.4 Å². The fourth-order valence-corrected chi connectivity index (χ4v) is 2.22. The Kier molecular flexibility index (Phi) is 6.76. The summed E-state index contributed by atoms with van der Waals surface area (Å²) in [5.74, 6) is 0.0715. The van der Waals surface area contributed by atoms with Crippen LogP contribution in [0.15, 0.2) is 18.2 Å². The van der Waals surface area contributed by atoms with Gasteiger partial charge in [-0.1, -0.05) is 45.4 Å². The number of rotatable bonds is 4. The zero-order chi connectivity index (χ0) is 15.1. The Morgan fingerprint density at radius 1 is 1.25 bits per heavy atom. The van der Waals surface area contributed by atoms with Gasteiger partial charge in [0.1, 0.15) is 5.52 Å². The van der Waals surface area contributed by atoms with Crippen molar-refractivity contribution in [3.63, 3.8) is 0 Å². The summed E-state index contributed by atoms with van der Waals surface area (Å²) in [6.07, 6.45) is 0.866. The lowest BCUT2D eigenvalue weighted by atomic mass is 10.0. The molecule has 0 aliphatic rings. The van der Waals surface area contributed by atoms with Gasteiger partial charge in [0.2, 0.25) is 0 Å². The van der Waals surface area contributed by atoms with E-state index in [0.29, 0.717) is 17.1 Å². The first-order valence-corrected chi connectivity index (χ1v) is 7.55. The average Bonchev–Trinajstić information content (AvgIpc) is 2.50. The lowest BCUT2D eigenvalue weighted by molar-refractivity contribution is 0.480. The van der Waals surface area contributed by atoms with Crippen LogP contribution in [0.3, 0.4) is 0 Å². The van der Waals surface area contributed by atoms with Gasteiger partial charge in [0.25, 0.3) is 0 Å². The molecule has 0 saturated heterocycles. The lowest BCUT2D eigenvalue weighted by Gasteiger charge is -2.10. The van der Waals surface area contributed by atoms with Gasteiger partial charge in [0.05, 0.1) is 10.7 Å². The van der Waals surface area contributed by atoms with Gasteiger partial charge in [-0.3, -0.25) is 0 Å². The zero-order valence-electron chi connectivity index (χ0n) is 12.6. The topological polar surface area (TPSA) is 45.1 Å². The summed E-state index contributed by atoms with van der Waals surface area (Å²) in [5.41, 5.74) is 2.61. The maximum absolute atomic E-state index is 10.0. The van der Waals surface area contributed by atoms with Gasteiger partial charge in [-0.2, -0.15) is 0 Å². The molecule has 4 heteroatoms. The minimum atomic E-state index is 0.0715. The predicted molar refractivity (Wildman–Crippen MR) is 86.5 cm³/mol. The summed E-state index contributed by atoms with van der Waals surface area (Å²) in [5, 5.41) is 14.6. The number of aryl methyl sites for hydroxylation is 1. The fraction of sp³-hybridized carbons (Fsp3) is 0.438. The molecular formula is C16H23ClN2O. The molecule has 0 atom stereocenters. The third-order valence-corrected chi connectivity index (χ3v) is 3.28. The van der Waals surface area contributed by atoms with Crippen LogP contribution in [0.25, 0.3) is 10.9 Å². The molecule has 3 nitrogen and oxygen atoms in total. The molecule has 0 spiro atoms. The molecule has 0 fully saturated rings. The maximum atomic E-state index is 10.0. The van der Waals surface area contributed by atoms with E-state index in [2.05, 4.69) is 17.2 Å². The Bertz CT molecular complexity index is 570. The number of aromatic hydroxyl groups is 1. The van der Waals surface area contributed by atoms with Gasteiger partial charge in [-0.25, -0.2) is 4.98 Å². The Morgan fingerprint density at radius 2 is 1.95 bits per heavy atom. The van der Waals surface area contributed by atoms with E-state index in [1.54, 1.807) is 0 Å². The van der Waals surface area contributed by atoms with Crippen molar-refractivity contribution >= 4 is 22.5 Å². The Labute approximate surface area is 126 Å². The SMILES string of the molecule is CC.CCNCc1ccc2c(CC)cc(Cl)c(O)c2n1. The van der Waals surface area contributed by atoms with Crippen molar-refractivity contribution in [2.75, 3.05) is 6.54 Å². The van der Waals surface area contributed by atoms with Gasteiger partial charge >= 0.3 is 0 Å². The largest absolute Gasteiger partial charge is 0.504 e. The van der Waals surface area contributed by atoms with Crippen LogP contribution in [0.5, 0.6) is 5.75 Å². The molecule has 1 heterocycles. The number of fused-ring (bicyclic) bond motifs is 1.